The van der Waals surface area contributed by atoms with E-state index in [4.69, 9.17) is 0 Å². The van der Waals surface area contributed by atoms with Gasteiger partial charge in [0.25, 0.3) is 0 Å². The lowest BCUT2D eigenvalue weighted by Gasteiger charge is -2.01. The maximum absolute atomic E-state index is 13.4. The van der Waals surface area contributed by atoms with Gasteiger partial charge in [-0.3, -0.25) is 0 Å². The minimum absolute atomic E-state index is 0. The lowest BCUT2D eigenvalue weighted by Crippen LogP contribution is -1.88. The number of nitrogens with one attached hydrogen (secondary N) is 1. The number of aromatic nitrogens is 3. The van der Waals surface area contributed by atoms with Crippen molar-refractivity contribution in [2.45, 2.75) is 13.3 Å². The molecule has 2 aromatic rings. The molecule has 1 N–H and O–H groups in total. The fourth-order valence-electron chi connectivity index (χ4n) is 1.32. The predicted molar refractivity (Wildman–Crippen MR) is 53.3 cm³/mol. The highest BCUT2D eigenvalue weighted by atomic mass is 19.1. The molecule has 0 unspecified atom stereocenters. The van der Waals surface area contributed by atoms with E-state index in [2.05, 4.69) is 15.4 Å². The van der Waals surface area contributed by atoms with Gasteiger partial charge in [0.1, 0.15) is 11.5 Å². The summed E-state index contributed by atoms with van der Waals surface area (Å²) in [5, 5.41) is 9.97. The number of nitrogens with zero attached hydrogens (tertiary/aromatic N) is 2. The minimum Gasteiger partial charge on any atom is -0.206 e. The van der Waals surface area contributed by atoms with Crippen molar-refractivity contribution in [3.63, 3.8) is 0 Å². The predicted octanol–water partition coefficient (Wildman–Crippen LogP) is 2.42. The van der Waals surface area contributed by atoms with Crippen LogP contribution in [0.4, 0.5) is 4.39 Å². The second kappa shape index (κ2) is 3.57. The van der Waals surface area contributed by atoms with Crippen molar-refractivity contribution in [2.75, 3.05) is 0 Å². The zero-order chi connectivity index (χ0) is 9.97. The Bertz CT molecular complexity index is 428. The van der Waals surface area contributed by atoms with Gasteiger partial charge in [0.15, 0.2) is 0 Å². The molecule has 1 heterocycles. The minimum atomic E-state index is -0.267. The summed E-state index contributed by atoms with van der Waals surface area (Å²) in [6.45, 7) is 2.03. The van der Waals surface area contributed by atoms with Crippen molar-refractivity contribution in [3.05, 3.63) is 35.8 Å². The Morgan fingerprint density at radius 3 is 3.00 bits per heavy atom. The van der Waals surface area contributed by atoms with Gasteiger partial charge in [0, 0.05) is 6.99 Å². The third kappa shape index (κ3) is 1.51. The van der Waals surface area contributed by atoms with Crippen LogP contribution in [-0.2, 0) is 6.42 Å². The first-order valence-corrected chi connectivity index (χ1v) is 4.46. The van der Waals surface area contributed by atoms with Gasteiger partial charge in [-0.2, -0.15) is 15.4 Å². The van der Waals surface area contributed by atoms with Gasteiger partial charge in [0.05, 0.1) is 6.20 Å². The zero-order valence-corrected chi connectivity index (χ0v) is 7.79. The van der Waals surface area contributed by atoms with Crippen molar-refractivity contribution >= 4 is 0 Å². The fourth-order valence-corrected chi connectivity index (χ4v) is 1.32. The van der Waals surface area contributed by atoms with Crippen molar-refractivity contribution in [1.82, 2.24) is 15.4 Å². The molecule has 0 saturated carbocycles. The van der Waals surface area contributed by atoms with Crippen LogP contribution in [-0.4, -0.2) is 15.4 Å². The van der Waals surface area contributed by atoms with E-state index < -0.39 is 0 Å². The Morgan fingerprint density at radius 1 is 1.50 bits per heavy atom. The molecule has 0 aliphatic rings. The molecule has 0 spiro atoms. The van der Waals surface area contributed by atoms with Crippen LogP contribution in [0.3, 0.4) is 0 Å². The fraction of sp³-hybridized carbons (Fsp3) is 0.200. The molecule has 4 heteroatoms. The van der Waals surface area contributed by atoms with Gasteiger partial charge in [-0.05, 0) is 24.1 Å². The molecule has 74 valence electrons. The summed E-state index contributed by atoms with van der Waals surface area (Å²) in [6, 6.07) is 5.04. The highest BCUT2D eigenvalue weighted by molar-refractivity contribution is 5.59. The molecule has 2 rings (SSSR count). The highest BCUT2D eigenvalue weighted by Crippen LogP contribution is 2.21. The molecular formula is C10H12FN3. The molecule has 0 amide bonds. The topological polar surface area (TPSA) is 41.6 Å². The molecular weight excluding hydrogens is 181 g/mol. The summed E-state index contributed by atoms with van der Waals surface area (Å²) >= 11 is 0. The van der Waals surface area contributed by atoms with Crippen LogP contribution in [0.25, 0.3) is 11.3 Å². The van der Waals surface area contributed by atoms with Crippen LogP contribution in [0.2, 0.25) is 0 Å². The normalized spacial score (nSPS) is 10.4. The second-order valence-corrected chi connectivity index (χ2v) is 3.02. The standard InChI is InChI=1S/C10H10FN3.H2/c1-2-7-3-4-9(11)8(5-7)10-6-12-14-13-10;/h3-6H,2H2,1H3,(H,12,13,14);1H. The van der Waals surface area contributed by atoms with Gasteiger partial charge in [-0.15, -0.1) is 0 Å². The van der Waals surface area contributed by atoms with Gasteiger partial charge in [0.2, 0.25) is 0 Å². The molecule has 0 radical (unpaired) electrons. The Balaban J connectivity index is 0.00000112. The second-order valence-electron chi connectivity index (χ2n) is 3.02. The van der Waals surface area contributed by atoms with E-state index in [9.17, 15) is 4.39 Å². The Labute approximate surface area is 82.5 Å². The van der Waals surface area contributed by atoms with Crippen LogP contribution in [0.5, 0.6) is 0 Å². The SMILES string of the molecule is CCc1ccc(F)c(-c2cn[nH]n2)c1.[HH]. The molecule has 1 aromatic heterocycles. The number of aryl methyl sites for hydroxylation is 1. The Kier molecular flexibility index (Phi) is 2.26. The maximum Gasteiger partial charge on any atom is 0.132 e. The summed E-state index contributed by atoms with van der Waals surface area (Å²) in [6.07, 6.45) is 2.39. The Hall–Kier alpha value is -1.71. The van der Waals surface area contributed by atoms with Crippen LogP contribution < -0.4 is 0 Å². The summed E-state index contributed by atoms with van der Waals surface area (Å²) in [7, 11) is 0. The molecule has 0 fully saturated rings. The van der Waals surface area contributed by atoms with Crippen molar-refractivity contribution in [2.24, 2.45) is 0 Å². The van der Waals surface area contributed by atoms with Crippen LogP contribution in [0.15, 0.2) is 24.4 Å². The van der Waals surface area contributed by atoms with Gasteiger partial charge >= 0.3 is 0 Å². The average molecular weight is 193 g/mol. The molecule has 1 aromatic carbocycles. The van der Waals surface area contributed by atoms with E-state index in [0.717, 1.165) is 12.0 Å². The van der Waals surface area contributed by atoms with E-state index in [-0.39, 0.29) is 7.24 Å². The summed E-state index contributed by atoms with van der Waals surface area (Å²) < 4.78 is 13.4. The number of H-pyrrole nitrogens is 1. The average Bonchev–Trinajstić information content (AvgIpc) is 2.71. The quantitative estimate of drug-likeness (QED) is 0.795. The first kappa shape index (κ1) is 8.87. The molecule has 0 bridgehead atoms. The molecule has 0 saturated heterocycles. The number of hydrogen-bond acceptors (Lipinski definition) is 2. The van der Waals surface area contributed by atoms with Crippen LogP contribution in [0.1, 0.15) is 13.9 Å². The summed E-state index contributed by atoms with van der Waals surface area (Å²) in [4.78, 5) is 0. The number of hydrogen-bond donors (Lipinski definition) is 1. The summed E-state index contributed by atoms with van der Waals surface area (Å²) in [5.41, 5.74) is 2.13. The van der Waals surface area contributed by atoms with Gasteiger partial charge in [-0.25, -0.2) is 4.39 Å². The maximum atomic E-state index is 13.4. The lowest BCUT2D eigenvalue weighted by molar-refractivity contribution is 0.630. The van der Waals surface area contributed by atoms with E-state index >= 15 is 0 Å². The largest absolute Gasteiger partial charge is 0.206 e. The highest BCUT2D eigenvalue weighted by Gasteiger charge is 2.07. The molecule has 3 nitrogen and oxygen atoms in total. The van der Waals surface area contributed by atoms with E-state index in [0.29, 0.717) is 11.3 Å². The number of rotatable bonds is 2. The van der Waals surface area contributed by atoms with Crippen LogP contribution >= 0.6 is 0 Å². The molecule has 14 heavy (non-hydrogen) atoms. The number of aromatic amines is 1. The van der Waals surface area contributed by atoms with Crippen molar-refractivity contribution < 1.29 is 5.82 Å². The molecule has 0 aliphatic carbocycles. The first-order chi connectivity index (χ1) is 6.81. The summed E-state index contributed by atoms with van der Waals surface area (Å²) in [5.74, 6) is -0.267. The van der Waals surface area contributed by atoms with Crippen molar-refractivity contribution in [1.29, 1.82) is 0 Å². The zero-order valence-electron chi connectivity index (χ0n) is 7.79. The molecule has 0 atom stereocenters. The van der Waals surface area contributed by atoms with Gasteiger partial charge in [-0.1, -0.05) is 13.0 Å². The first-order valence-electron chi connectivity index (χ1n) is 4.46. The number of halogens is 1. The third-order valence-corrected chi connectivity index (χ3v) is 2.13. The number of benzene rings is 1. The third-order valence-electron chi connectivity index (χ3n) is 2.13. The molecule has 0 aliphatic heterocycles. The van der Waals surface area contributed by atoms with E-state index in [1.54, 1.807) is 12.1 Å². The smallest absolute Gasteiger partial charge is 0.132 e. The van der Waals surface area contributed by atoms with E-state index in [1.807, 2.05) is 6.92 Å². The Morgan fingerprint density at radius 2 is 2.36 bits per heavy atom. The van der Waals surface area contributed by atoms with E-state index in [1.165, 1.54) is 12.3 Å². The van der Waals surface area contributed by atoms with Crippen LogP contribution in [0, 0.1) is 5.82 Å². The van der Waals surface area contributed by atoms with Crippen molar-refractivity contribution in [3.8, 4) is 11.3 Å². The van der Waals surface area contributed by atoms with Gasteiger partial charge < -0.3 is 0 Å². The lowest BCUT2D eigenvalue weighted by atomic mass is 10.1. The monoisotopic (exact) mass is 193 g/mol.